The Morgan fingerprint density at radius 2 is 2.30 bits per heavy atom. The van der Waals surface area contributed by atoms with Crippen LogP contribution in [0.4, 0.5) is 4.39 Å². The normalized spacial score (nSPS) is 22.8. The maximum Gasteiger partial charge on any atom is 0.144 e. The quantitative estimate of drug-likeness (QED) is 0.880. The summed E-state index contributed by atoms with van der Waals surface area (Å²) in [5.41, 5.74) is 0.481. The van der Waals surface area contributed by atoms with E-state index < -0.39 is 0 Å². The van der Waals surface area contributed by atoms with Crippen molar-refractivity contribution in [2.45, 2.75) is 39.0 Å². The zero-order valence-corrected chi connectivity index (χ0v) is 13.4. The van der Waals surface area contributed by atoms with Crippen molar-refractivity contribution >= 4 is 21.7 Å². The molecule has 0 aromatic heterocycles. The van der Waals surface area contributed by atoms with Crippen molar-refractivity contribution in [1.82, 2.24) is 5.32 Å². The van der Waals surface area contributed by atoms with Gasteiger partial charge in [-0.15, -0.1) is 0 Å². The maximum atomic E-state index is 13.5. The summed E-state index contributed by atoms with van der Waals surface area (Å²) in [6, 6.07) is 4.89. The second-order valence-corrected chi connectivity index (χ2v) is 6.42. The third-order valence-corrected chi connectivity index (χ3v) is 5.06. The highest BCUT2D eigenvalue weighted by Gasteiger charge is 2.38. The molecule has 0 amide bonds. The molecule has 1 saturated heterocycles. The minimum Gasteiger partial charge on any atom is -0.316 e. The Balaban J connectivity index is 2.18. The molecule has 1 aromatic carbocycles. The molecule has 1 unspecified atom stereocenters. The molecule has 0 aliphatic carbocycles. The predicted molar refractivity (Wildman–Crippen MR) is 82.3 cm³/mol. The molecule has 110 valence electrons. The van der Waals surface area contributed by atoms with Gasteiger partial charge in [0.15, 0.2) is 0 Å². The van der Waals surface area contributed by atoms with E-state index in [0.717, 1.165) is 44.3 Å². The Hall–Kier alpha value is -0.740. The van der Waals surface area contributed by atoms with Crippen LogP contribution in [-0.2, 0) is 11.2 Å². The van der Waals surface area contributed by atoms with Gasteiger partial charge in [-0.05, 0) is 53.4 Å². The average Bonchev–Trinajstić information content (AvgIpc) is 2.45. The van der Waals surface area contributed by atoms with Crippen LogP contribution in [0.15, 0.2) is 22.7 Å². The van der Waals surface area contributed by atoms with Crippen LogP contribution in [0.25, 0.3) is 0 Å². The van der Waals surface area contributed by atoms with Crippen molar-refractivity contribution < 1.29 is 9.18 Å². The molecule has 2 nitrogen and oxygen atoms in total. The number of carbonyl (C=O) groups excluding carboxylic acids is 1. The van der Waals surface area contributed by atoms with E-state index in [-0.39, 0.29) is 17.0 Å². The molecule has 1 aliphatic heterocycles. The van der Waals surface area contributed by atoms with Gasteiger partial charge in [0.1, 0.15) is 11.6 Å². The van der Waals surface area contributed by atoms with E-state index in [2.05, 4.69) is 28.2 Å². The Morgan fingerprint density at radius 1 is 1.50 bits per heavy atom. The summed E-state index contributed by atoms with van der Waals surface area (Å²) in [6.45, 7) is 3.86. The zero-order valence-electron chi connectivity index (χ0n) is 11.8. The Kier molecular flexibility index (Phi) is 5.33. The van der Waals surface area contributed by atoms with E-state index in [0.29, 0.717) is 10.9 Å². The highest BCUT2D eigenvalue weighted by molar-refractivity contribution is 9.10. The second-order valence-electron chi connectivity index (χ2n) is 5.62. The largest absolute Gasteiger partial charge is 0.316 e. The first-order valence-electron chi connectivity index (χ1n) is 7.26. The van der Waals surface area contributed by atoms with Crippen molar-refractivity contribution in [3.05, 3.63) is 34.1 Å². The lowest BCUT2D eigenvalue weighted by Gasteiger charge is -2.36. The summed E-state index contributed by atoms with van der Waals surface area (Å²) in [5.74, 6) is -0.0699. The summed E-state index contributed by atoms with van der Waals surface area (Å²) < 4.78 is 14.0. The van der Waals surface area contributed by atoms with Gasteiger partial charge in [-0.25, -0.2) is 4.39 Å². The van der Waals surface area contributed by atoms with Crippen molar-refractivity contribution in [3.8, 4) is 0 Å². The monoisotopic (exact) mass is 341 g/mol. The molecule has 1 aromatic rings. The molecule has 0 spiro atoms. The van der Waals surface area contributed by atoms with Gasteiger partial charge >= 0.3 is 0 Å². The van der Waals surface area contributed by atoms with E-state index in [1.165, 1.54) is 6.07 Å². The molecular weight excluding hydrogens is 321 g/mol. The number of hydrogen-bond donors (Lipinski definition) is 1. The van der Waals surface area contributed by atoms with Gasteiger partial charge in [0.05, 0.1) is 4.47 Å². The van der Waals surface area contributed by atoms with Crippen LogP contribution in [0.3, 0.4) is 0 Å². The van der Waals surface area contributed by atoms with Crippen LogP contribution in [0.2, 0.25) is 0 Å². The Bertz CT molecular complexity index is 478. The SMILES string of the molecule is CCCC1(C(=O)Cc2cccc(F)c2Br)CCCNC1. The number of rotatable bonds is 5. The van der Waals surface area contributed by atoms with Crippen LogP contribution in [-0.4, -0.2) is 18.9 Å². The molecule has 0 saturated carbocycles. The lowest BCUT2D eigenvalue weighted by atomic mass is 9.72. The van der Waals surface area contributed by atoms with Gasteiger partial charge in [0.2, 0.25) is 0 Å². The van der Waals surface area contributed by atoms with Crippen molar-refractivity contribution in [2.24, 2.45) is 5.41 Å². The van der Waals surface area contributed by atoms with Crippen LogP contribution >= 0.6 is 15.9 Å². The van der Waals surface area contributed by atoms with Crippen LogP contribution < -0.4 is 5.32 Å². The summed E-state index contributed by atoms with van der Waals surface area (Å²) in [6.07, 6.45) is 4.19. The third-order valence-electron chi connectivity index (χ3n) is 4.17. The molecule has 1 N–H and O–H groups in total. The zero-order chi connectivity index (χ0) is 14.6. The topological polar surface area (TPSA) is 29.1 Å². The Labute approximate surface area is 128 Å². The number of carbonyl (C=O) groups is 1. The summed E-state index contributed by atoms with van der Waals surface area (Å²) in [7, 11) is 0. The van der Waals surface area contributed by atoms with E-state index in [1.54, 1.807) is 6.07 Å². The van der Waals surface area contributed by atoms with Gasteiger partial charge in [0, 0.05) is 18.4 Å². The molecule has 0 bridgehead atoms. The second kappa shape index (κ2) is 6.81. The molecule has 4 heteroatoms. The van der Waals surface area contributed by atoms with Crippen LogP contribution in [0.5, 0.6) is 0 Å². The number of ketones is 1. The first-order valence-corrected chi connectivity index (χ1v) is 8.05. The minimum atomic E-state index is -0.304. The van der Waals surface area contributed by atoms with Gasteiger partial charge in [0.25, 0.3) is 0 Å². The fraction of sp³-hybridized carbons (Fsp3) is 0.562. The van der Waals surface area contributed by atoms with E-state index in [1.807, 2.05) is 6.07 Å². The number of hydrogen-bond acceptors (Lipinski definition) is 2. The third kappa shape index (κ3) is 3.29. The predicted octanol–water partition coefficient (Wildman–Crippen LogP) is 3.87. The molecule has 1 aliphatic rings. The van der Waals surface area contributed by atoms with E-state index in [4.69, 9.17) is 0 Å². The van der Waals surface area contributed by atoms with Crippen molar-refractivity contribution in [3.63, 3.8) is 0 Å². The maximum absolute atomic E-state index is 13.5. The standard InChI is InChI=1S/C16H21BrFNO/c1-2-7-16(8-4-9-19-11-16)14(20)10-12-5-3-6-13(18)15(12)17/h3,5-6,19H,2,4,7-11H2,1H3. The van der Waals surface area contributed by atoms with E-state index in [9.17, 15) is 9.18 Å². The molecule has 20 heavy (non-hydrogen) atoms. The summed E-state index contributed by atoms with van der Waals surface area (Å²) in [5, 5.41) is 3.35. The van der Waals surface area contributed by atoms with Gasteiger partial charge < -0.3 is 5.32 Å². The highest BCUT2D eigenvalue weighted by atomic mass is 79.9. The lowest BCUT2D eigenvalue weighted by Crippen LogP contribution is -2.46. The van der Waals surface area contributed by atoms with Crippen molar-refractivity contribution in [2.75, 3.05) is 13.1 Å². The minimum absolute atomic E-state index is 0.234. The van der Waals surface area contributed by atoms with Gasteiger partial charge in [-0.2, -0.15) is 0 Å². The molecule has 1 fully saturated rings. The van der Waals surface area contributed by atoms with Crippen molar-refractivity contribution in [1.29, 1.82) is 0 Å². The number of Topliss-reactive ketones (excluding diaryl/α,β-unsaturated/α-hetero) is 1. The van der Waals surface area contributed by atoms with Gasteiger partial charge in [-0.3, -0.25) is 4.79 Å². The fourth-order valence-corrected chi connectivity index (χ4v) is 3.49. The first-order chi connectivity index (χ1) is 9.59. The average molecular weight is 342 g/mol. The summed E-state index contributed by atoms with van der Waals surface area (Å²) >= 11 is 3.25. The number of nitrogens with one attached hydrogen (secondary N) is 1. The summed E-state index contributed by atoms with van der Waals surface area (Å²) in [4.78, 5) is 12.8. The number of benzene rings is 1. The van der Waals surface area contributed by atoms with Gasteiger partial charge in [-0.1, -0.05) is 25.5 Å². The molecule has 0 radical (unpaired) electrons. The van der Waals surface area contributed by atoms with E-state index >= 15 is 0 Å². The van der Waals surface area contributed by atoms with Crippen LogP contribution in [0, 0.1) is 11.2 Å². The number of piperidine rings is 1. The first kappa shape index (κ1) is 15.6. The lowest BCUT2D eigenvalue weighted by molar-refractivity contribution is -0.129. The molecule has 2 rings (SSSR count). The Morgan fingerprint density at radius 3 is 2.95 bits per heavy atom. The van der Waals surface area contributed by atoms with Crippen LogP contribution in [0.1, 0.15) is 38.2 Å². The smallest absolute Gasteiger partial charge is 0.144 e. The molecule has 1 atom stereocenters. The fourth-order valence-electron chi connectivity index (χ4n) is 3.08. The number of halogens is 2. The highest BCUT2D eigenvalue weighted by Crippen LogP contribution is 2.34. The molecule has 1 heterocycles. The molecular formula is C16H21BrFNO.